The molecule has 1 unspecified atom stereocenters. The third kappa shape index (κ3) is 8.17. The van der Waals surface area contributed by atoms with Crippen LogP contribution in [0, 0.1) is 5.92 Å². The first-order valence-electron chi connectivity index (χ1n) is 7.20. The van der Waals surface area contributed by atoms with Crippen molar-refractivity contribution >= 4 is 5.78 Å². The van der Waals surface area contributed by atoms with Gasteiger partial charge in [-0.2, -0.15) is 22.0 Å². The molecule has 0 aliphatic rings. The van der Waals surface area contributed by atoms with Crippen molar-refractivity contribution in [3.05, 3.63) is 12.7 Å². The zero-order chi connectivity index (χ0) is 16.5. The Labute approximate surface area is 122 Å². The molecule has 21 heavy (non-hydrogen) atoms. The van der Waals surface area contributed by atoms with Crippen LogP contribution >= 0.6 is 0 Å². The van der Waals surface area contributed by atoms with Crippen molar-refractivity contribution in [3.8, 4) is 0 Å². The Morgan fingerprint density at radius 1 is 1.10 bits per heavy atom. The van der Waals surface area contributed by atoms with Crippen LogP contribution in [0.3, 0.4) is 0 Å². The lowest BCUT2D eigenvalue weighted by molar-refractivity contribution is -0.284. The first kappa shape index (κ1) is 20.1. The number of carbonyl (C=O) groups is 1. The Morgan fingerprint density at radius 3 is 2.24 bits per heavy atom. The van der Waals surface area contributed by atoms with E-state index in [1.165, 1.54) is 0 Å². The molecule has 1 atom stereocenters. The van der Waals surface area contributed by atoms with E-state index >= 15 is 0 Å². The average Bonchev–Trinajstić information content (AvgIpc) is 2.36. The number of unbranched alkanes of at least 4 members (excludes halogenated alkanes) is 3. The summed E-state index contributed by atoms with van der Waals surface area (Å²) in [5.41, 5.74) is 0. The molecule has 0 aromatic carbocycles. The molecular weight excluding hydrogens is 291 g/mol. The minimum absolute atomic E-state index is 0.0658. The second kappa shape index (κ2) is 9.15. The number of hydrogen-bond donors (Lipinski definition) is 0. The first-order chi connectivity index (χ1) is 9.62. The van der Waals surface area contributed by atoms with Crippen LogP contribution in [0.2, 0.25) is 0 Å². The fourth-order valence-electron chi connectivity index (χ4n) is 1.94. The van der Waals surface area contributed by atoms with Crippen molar-refractivity contribution in [2.75, 3.05) is 0 Å². The van der Waals surface area contributed by atoms with Gasteiger partial charge in [-0.15, -0.1) is 6.58 Å². The zero-order valence-corrected chi connectivity index (χ0v) is 12.3. The lowest BCUT2D eigenvalue weighted by Crippen LogP contribution is -2.36. The predicted molar refractivity (Wildman–Crippen MR) is 72.3 cm³/mol. The summed E-state index contributed by atoms with van der Waals surface area (Å²) in [4.78, 5) is 11.7. The van der Waals surface area contributed by atoms with Crippen molar-refractivity contribution in [1.82, 2.24) is 0 Å². The molecule has 0 bridgehead atoms. The topological polar surface area (TPSA) is 17.1 Å². The first-order valence-corrected chi connectivity index (χ1v) is 7.20. The van der Waals surface area contributed by atoms with Gasteiger partial charge in [-0.3, -0.25) is 4.79 Å². The summed E-state index contributed by atoms with van der Waals surface area (Å²) >= 11 is 0. The van der Waals surface area contributed by atoms with Gasteiger partial charge in [0.15, 0.2) is 0 Å². The molecule has 0 fully saturated rings. The smallest absolute Gasteiger partial charge is 0.299 e. The highest BCUT2D eigenvalue weighted by atomic mass is 19.4. The fourth-order valence-corrected chi connectivity index (χ4v) is 1.94. The molecule has 0 aromatic rings. The van der Waals surface area contributed by atoms with Crippen LogP contribution < -0.4 is 0 Å². The summed E-state index contributed by atoms with van der Waals surface area (Å²) in [5, 5.41) is 0. The Hall–Kier alpha value is -0.940. The van der Waals surface area contributed by atoms with Crippen LogP contribution in [-0.4, -0.2) is 17.9 Å². The number of allylic oxidation sites excluding steroid dienone is 1. The lowest BCUT2D eigenvalue weighted by atomic mass is 9.94. The van der Waals surface area contributed by atoms with E-state index < -0.39 is 24.4 Å². The highest BCUT2D eigenvalue weighted by Gasteiger charge is 2.56. The van der Waals surface area contributed by atoms with Gasteiger partial charge in [0.2, 0.25) is 0 Å². The number of halogens is 5. The van der Waals surface area contributed by atoms with Crippen molar-refractivity contribution in [2.45, 2.75) is 70.4 Å². The van der Waals surface area contributed by atoms with Crippen LogP contribution in [0.1, 0.15) is 58.3 Å². The number of hydrogen-bond acceptors (Lipinski definition) is 1. The normalized spacial score (nSPS) is 14.0. The van der Waals surface area contributed by atoms with Crippen LogP contribution in [0.5, 0.6) is 0 Å². The molecule has 0 saturated heterocycles. The van der Waals surface area contributed by atoms with E-state index in [2.05, 4.69) is 6.58 Å². The van der Waals surface area contributed by atoms with Crippen molar-refractivity contribution < 1.29 is 26.7 Å². The highest BCUT2D eigenvalue weighted by molar-refractivity contribution is 5.80. The monoisotopic (exact) mass is 314 g/mol. The van der Waals surface area contributed by atoms with Crippen molar-refractivity contribution in [3.63, 3.8) is 0 Å². The average molecular weight is 314 g/mol. The summed E-state index contributed by atoms with van der Waals surface area (Å²) in [6, 6.07) is 0. The third-order valence-corrected chi connectivity index (χ3v) is 3.42. The lowest BCUT2D eigenvalue weighted by Gasteiger charge is -2.20. The zero-order valence-electron chi connectivity index (χ0n) is 12.3. The van der Waals surface area contributed by atoms with E-state index in [0.29, 0.717) is 6.42 Å². The van der Waals surface area contributed by atoms with Gasteiger partial charge in [-0.05, 0) is 32.1 Å². The maximum atomic E-state index is 12.7. The number of carbonyl (C=O) groups excluding carboxylic acids is 1. The van der Waals surface area contributed by atoms with E-state index in [-0.39, 0.29) is 18.6 Å². The molecular formula is C15H23F5O. The molecule has 0 radical (unpaired) electrons. The van der Waals surface area contributed by atoms with E-state index in [1.807, 2.05) is 0 Å². The summed E-state index contributed by atoms with van der Waals surface area (Å²) in [7, 11) is 0. The van der Waals surface area contributed by atoms with Gasteiger partial charge < -0.3 is 0 Å². The van der Waals surface area contributed by atoms with Gasteiger partial charge >= 0.3 is 12.1 Å². The number of rotatable bonds is 11. The van der Waals surface area contributed by atoms with Gasteiger partial charge in [0.05, 0.1) is 0 Å². The maximum absolute atomic E-state index is 12.7. The number of alkyl halides is 5. The van der Waals surface area contributed by atoms with Gasteiger partial charge in [0, 0.05) is 18.8 Å². The van der Waals surface area contributed by atoms with Gasteiger partial charge in [-0.1, -0.05) is 19.4 Å². The van der Waals surface area contributed by atoms with Crippen LogP contribution in [0.25, 0.3) is 0 Å². The summed E-state index contributed by atoms with van der Waals surface area (Å²) in [6.07, 6.45) is -1.42. The van der Waals surface area contributed by atoms with Gasteiger partial charge in [-0.25, -0.2) is 0 Å². The molecule has 124 valence electrons. The number of ketones is 1. The molecule has 6 heteroatoms. The Morgan fingerprint density at radius 2 is 1.71 bits per heavy atom. The van der Waals surface area contributed by atoms with Crippen LogP contribution in [0.15, 0.2) is 12.7 Å². The molecule has 0 heterocycles. The number of Topliss-reactive ketones (excluding diaryl/α,β-unsaturated/α-hetero) is 1. The Kier molecular flexibility index (Phi) is 8.74. The third-order valence-electron chi connectivity index (χ3n) is 3.42. The second-order valence-corrected chi connectivity index (χ2v) is 5.35. The van der Waals surface area contributed by atoms with Gasteiger partial charge in [0.1, 0.15) is 5.78 Å². The molecule has 0 saturated carbocycles. The molecule has 0 amide bonds. The fraction of sp³-hybridized carbons (Fsp3) is 0.800. The van der Waals surface area contributed by atoms with E-state index in [1.54, 1.807) is 13.0 Å². The van der Waals surface area contributed by atoms with E-state index in [9.17, 15) is 26.7 Å². The quantitative estimate of drug-likeness (QED) is 0.272. The minimum atomic E-state index is -5.51. The van der Waals surface area contributed by atoms with Crippen LogP contribution in [-0.2, 0) is 4.79 Å². The van der Waals surface area contributed by atoms with Crippen LogP contribution in [0.4, 0.5) is 22.0 Å². The molecule has 1 nitrogen and oxygen atoms in total. The molecule has 0 rings (SSSR count). The Bertz CT molecular complexity index is 323. The van der Waals surface area contributed by atoms with E-state index in [0.717, 1.165) is 25.7 Å². The highest BCUT2D eigenvalue weighted by Crippen LogP contribution is 2.39. The standard InChI is InChI=1S/C15H23F5O/c1-3-4-5-6-7-10-13(21)12(2)9-8-11-14(16,17)15(18,19)20/h3,12H,1,4-11H2,2H3. The summed E-state index contributed by atoms with van der Waals surface area (Å²) in [6.45, 7) is 5.17. The summed E-state index contributed by atoms with van der Waals surface area (Å²) < 4.78 is 61.3. The second-order valence-electron chi connectivity index (χ2n) is 5.35. The molecule has 0 aromatic heterocycles. The maximum Gasteiger partial charge on any atom is 0.453 e. The van der Waals surface area contributed by atoms with Crippen molar-refractivity contribution in [1.29, 1.82) is 0 Å². The van der Waals surface area contributed by atoms with E-state index in [4.69, 9.17) is 0 Å². The SMILES string of the molecule is C=CCCCCCC(=O)C(C)CCCC(F)(F)C(F)(F)F. The Balaban J connectivity index is 3.90. The van der Waals surface area contributed by atoms with Crippen molar-refractivity contribution in [2.24, 2.45) is 5.92 Å². The van der Waals surface area contributed by atoms with Gasteiger partial charge in [0.25, 0.3) is 0 Å². The molecule has 0 aliphatic carbocycles. The predicted octanol–water partition coefficient (Wildman–Crippen LogP) is 5.70. The largest absolute Gasteiger partial charge is 0.453 e. The molecule has 0 aliphatic heterocycles. The minimum Gasteiger partial charge on any atom is -0.299 e. The molecule has 0 N–H and O–H groups in total. The molecule has 0 spiro atoms. The summed E-state index contributed by atoms with van der Waals surface area (Å²) in [5.74, 6) is -5.20.